The van der Waals surface area contributed by atoms with Gasteiger partial charge in [0.15, 0.2) is 0 Å². The lowest BCUT2D eigenvalue weighted by Gasteiger charge is -2.10. The summed E-state index contributed by atoms with van der Waals surface area (Å²) in [7, 11) is 0. The zero-order valence-electron chi connectivity index (χ0n) is 10.8. The molecule has 2 amide bonds. The van der Waals surface area contributed by atoms with Gasteiger partial charge in [-0.25, -0.2) is 4.79 Å². The Labute approximate surface area is 121 Å². The lowest BCUT2D eigenvalue weighted by Crippen LogP contribution is -2.19. The monoisotopic (exact) mass is 318 g/mol. The van der Waals surface area contributed by atoms with Crippen molar-refractivity contribution < 1.29 is 4.79 Å². The number of hydrogen-bond acceptors (Lipinski definition) is 1. The van der Waals surface area contributed by atoms with Crippen molar-refractivity contribution in [3.05, 3.63) is 58.1 Å². The summed E-state index contributed by atoms with van der Waals surface area (Å²) in [6.07, 6.45) is 0. The van der Waals surface area contributed by atoms with Crippen molar-refractivity contribution in [1.82, 2.24) is 0 Å². The van der Waals surface area contributed by atoms with Crippen molar-refractivity contribution in [2.45, 2.75) is 13.8 Å². The molecule has 0 spiro atoms. The minimum absolute atomic E-state index is 0.241. The van der Waals surface area contributed by atoms with Gasteiger partial charge in [-0.05, 0) is 49.7 Å². The third kappa shape index (κ3) is 3.83. The van der Waals surface area contributed by atoms with E-state index in [-0.39, 0.29) is 6.03 Å². The zero-order valence-corrected chi connectivity index (χ0v) is 12.4. The molecule has 0 aromatic heterocycles. The summed E-state index contributed by atoms with van der Waals surface area (Å²) in [5, 5.41) is 5.63. The van der Waals surface area contributed by atoms with Crippen molar-refractivity contribution in [2.24, 2.45) is 0 Å². The van der Waals surface area contributed by atoms with Crippen LogP contribution < -0.4 is 10.6 Å². The number of hydrogen-bond donors (Lipinski definition) is 2. The molecule has 0 bridgehead atoms. The van der Waals surface area contributed by atoms with Crippen molar-refractivity contribution in [3.8, 4) is 0 Å². The smallest absolute Gasteiger partial charge is 0.308 e. The Kier molecular flexibility index (Phi) is 4.22. The molecule has 19 heavy (non-hydrogen) atoms. The summed E-state index contributed by atoms with van der Waals surface area (Å²) in [4.78, 5) is 11.9. The number of benzene rings is 2. The fourth-order valence-corrected chi connectivity index (χ4v) is 2.16. The van der Waals surface area contributed by atoms with Gasteiger partial charge >= 0.3 is 6.03 Å². The van der Waals surface area contributed by atoms with Crippen LogP contribution in [0.2, 0.25) is 0 Å². The van der Waals surface area contributed by atoms with Gasteiger partial charge in [-0.1, -0.05) is 33.6 Å². The second kappa shape index (κ2) is 5.89. The topological polar surface area (TPSA) is 41.1 Å². The van der Waals surface area contributed by atoms with E-state index in [9.17, 15) is 4.79 Å². The Morgan fingerprint density at radius 2 is 1.68 bits per heavy atom. The molecule has 0 atom stereocenters. The molecule has 98 valence electrons. The molecule has 2 aromatic carbocycles. The molecule has 2 rings (SSSR count). The minimum Gasteiger partial charge on any atom is -0.308 e. The van der Waals surface area contributed by atoms with Crippen LogP contribution in [0.25, 0.3) is 0 Å². The quantitative estimate of drug-likeness (QED) is 0.827. The predicted octanol–water partition coefficient (Wildman–Crippen LogP) is 4.71. The van der Waals surface area contributed by atoms with E-state index in [4.69, 9.17) is 0 Å². The third-order valence-electron chi connectivity index (χ3n) is 2.75. The van der Waals surface area contributed by atoms with Crippen LogP contribution in [0.15, 0.2) is 46.9 Å². The van der Waals surface area contributed by atoms with Crippen LogP contribution in [0.5, 0.6) is 0 Å². The van der Waals surface area contributed by atoms with Gasteiger partial charge in [-0.2, -0.15) is 0 Å². The molecule has 2 N–H and O–H groups in total. The van der Waals surface area contributed by atoms with Gasteiger partial charge in [-0.15, -0.1) is 0 Å². The molecular formula is C15H15BrN2O. The van der Waals surface area contributed by atoms with Crippen LogP contribution in [-0.2, 0) is 0 Å². The van der Waals surface area contributed by atoms with Gasteiger partial charge in [0, 0.05) is 15.8 Å². The van der Waals surface area contributed by atoms with Crippen molar-refractivity contribution in [2.75, 3.05) is 10.6 Å². The molecular weight excluding hydrogens is 304 g/mol. The Morgan fingerprint density at radius 1 is 1.00 bits per heavy atom. The zero-order chi connectivity index (χ0) is 13.8. The molecule has 0 fully saturated rings. The van der Waals surface area contributed by atoms with Crippen LogP contribution in [-0.4, -0.2) is 6.03 Å². The molecule has 3 nitrogen and oxygen atoms in total. The summed E-state index contributed by atoms with van der Waals surface area (Å²) < 4.78 is 0.995. The Bertz CT molecular complexity index is 594. The predicted molar refractivity (Wildman–Crippen MR) is 82.7 cm³/mol. The van der Waals surface area contributed by atoms with E-state index in [1.54, 1.807) is 0 Å². The Balaban J connectivity index is 2.03. The van der Waals surface area contributed by atoms with E-state index in [1.165, 1.54) is 0 Å². The van der Waals surface area contributed by atoms with E-state index < -0.39 is 0 Å². The number of anilines is 2. The molecule has 2 aromatic rings. The first kappa shape index (κ1) is 13.6. The van der Waals surface area contributed by atoms with Crippen LogP contribution in [0, 0.1) is 13.8 Å². The first-order valence-corrected chi connectivity index (χ1v) is 6.75. The second-order valence-corrected chi connectivity index (χ2v) is 5.32. The highest BCUT2D eigenvalue weighted by atomic mass is 79.9. The maximum absolute atomic E-state index is 11.9. The first-order valence-electron chi connectivity index (χ1n) is 5.95. The molecule has 0 radical (unpaired) electrons. The van der Waals surface area contributed by atoms with Crippen molar-refractivity contribution in [3.63, 3.8) is 0 Å². The maximum atomic E-state index is 11.9. The van der Waals surface area contributed by atoms with Crippen LogP contribution in [0.1, 0.15) is 11.1 Å². The van der Waals surface area contributed by atoms with Crippen LogP contribution >= 0.6 is 15.9 Å². The fourth-order valence-electron chi connectivity index (χ4n) is 1.69. The SMILES string of the molecule is Cc1ccc(NC(=O)Nc2ccc(Br)cc2C)cc1. The largest absolute Gasteiger partial charge is 0.323 e. The minimum atomic E-state index is -0.241. The lowest BCUT2D eigenvalue weighted by molar-refractivity contribution is 0.262. The molecule has 0 aliphatic rings. The number of nitrogens with one attached hydrogen (secondary N) is 2. The fraction of sp³-hybridized carbons (Fsp3) is 0.133. The highest BCUT2D eigenvalue weighted by Gasteiger charge is 2.05. The van der Waals surface area contributed by atoms with E-state index in [0.29, 0.717) is 0 Å². The molecule has 0 unspecified atom stereocenters. The highest BCUT2D eigenvalue weighted by molar-refractivity contribution is 9.10. The molecule has 0 saturated heterocycles. The summed E-state index contributed by atoms with van der Waals surface area (Å²) in [5.74, 6) is 0. The number of carbonyl (C=O) groups is 1. The van der Waals surface area contributed by atoms with Gasteiger partial charge in [0.1, 0.15) is 0 Å². The first-order chi connectivity index (χ1) is 9.04. The van der Waals surface area contributed by atoms with E-state index in [1.807, 2.05) is 56.3 Å². The van der Waals surface area contributed by atoms with E-state index in [0.717, 1.165) is 27.0 Å². The average molecular weight is 319 g/mol. The van der Waals surface area contributed by atoms with E-state index >= 15 is 0 Å². The van der Waals surface area contributed by atoms with Gasteiger partial charge in [0.05, 0.1) is 0 Å². The van der Waals surface area contributed by atoms with Gasteiger partial charge in [0.2, 0.25) is 0 Å². The number of amides is 2. The standard InChI is InChI=1S/C15H15BrN2O/c1-10-3-6-13(7-4-10)17-15(19)18-14-8-5-12(16)9-11(14)2/h3-9H,1-2H3,(H2,17,18,19). The number of carbonyl (C=O) groups excluding carboxylic acids is 1. The van der Waals surface area contributed by atoms with Crippen LogP contribution in [0.4, 0.5) is 16.2 Å². The van der Waals surface area contributed by atoms with Gasteiger partial charge < -0.3 is 10.6 Å². The third-order valence-corrected chi connectivity index (χ3v) is 3.24. The summed E-state index contributed by atoms with van der Waals surface area (Å²) >= 11 is 3.39. The molecule has 0 aliphatic carbocycles. The van der Waals surface area contributed by atoms with Crippen LogP contribution in [0.3, 0.4) is 0 Å². The molecule has 0 aliphatic heterocycles. The average Bonchev–Trinajstić information content (AvgIpc) is 2.36. The lowest BCUT2D eigenvalue weighted by atomic mass is 10.2. The number of urea groups is 1. The normalized spacial score (nSPS) is 10.1. The summed E-state index contributed by atoms with van der Waals surface area (Å²) in [6, 6.07) is 13.2. The Morgan fingerprint density at radius 3 is 2.32 bits per heavy atom. The second-order valence-electron chi connectivity index (χ2n) is 4.40. The van der Waals surface area contributed by atoms with Gasteiger partial charge in [-0.3, -0.25) is 0 Å². The molecule has 4 heteroatoms. The number of aryl methyl sites for hydroxylation is 2. The van der Waals surface area contributed by atoms with E-state index in [2.05, 4.69) is 26.6 Å². The van der Waals surface area contributed by atoms with Crippen molar-refractivity contribution in [1.29, 1.82) is 0 Å². The summed E-state index contributed by atoms with van der Waals surface area (Å²) in [5.41, 5.74) is 3.74. The van der Waals surface area contributed by atoms with Crippen molar-refractivity contribution >= 4 is 33.3 Å². The number of rotatable bonds is 2. The van der Waals surface area contributed by atoms with Gasteiger partial charge in [0.25, 0.3) is 0 Å². The number of halogens is 1. The Hall–Kier alpha value is -1.81. The maximum Gasteiger partial charge on any atom is 0.323 e. The summed E-state index contributed by atoms with van der Waals surface area (Å²) in [6.45, 7) is 3.96. The molecule has 0 heterocycles. The molecule has 0 saturated carbocycles. The highest BCUT2D eigenvalue weighted by Crippen LogP contribution is 2.20.